The van der Waals surface area contributed by atoms with Crippen LogP contribution >= 0.6 is 11.3 Å². The molecule has 1 unspecified atom stereocenters. The first-order valence-corrected chi connectivity index (χ1v) is 8.59. The van der Waals surface area contributed by atoms with Crippen LogP contribution in [0.1, 0.15) is 34.5 Å². The van der Waals surface area contributed by atoms with Crippen LogP contribution in [-0.2, 0) is 16.1 Å². The van der Waals surface area contributed by atoms with Crippen LogP contribution in [0.3, 0.4) is 0 Å². The van der Waals surface area contributed by atoms with E-state index in [9.17, 15) is 19.1 Å². The lowest BCUT2D eigenvalue weighted by Gasteiger charge is -2.32. The van der Waals surface area contributed by atoms with Crippen LogP contribution < -0.4 is 0 Å². The van der Waals surface area contributed by atoms with Crippen molar-refractivity contribution in [3.8, 4) is 0 Å². The number of carbonyl (C=O) groups excluding carboxylic acids is 1. The van der Waals surface area contributed by atoms with Crippen LogP contribution in [0.15, 0.2) is 18.2 Å². The highest BCUT2D eigenvalue weighted by molar-refractivity contribution is 7.21. The number of carboxylic acid groups (broad SMARTS) is 1. The van der Waals surface area contributed by atoms with E-state index in [1.165, 1.54) is 29.4 Å². The van der Waals surface area contributed by atoms with E-state index in [2.05, 4.69) is 0 Å². The van der Waals surface area contributed by atoms with Gasteiger partial charge in [-0.25, -0.2) is 9.18 Å². The molecule has 1 saturated heterocycles. The van der Waals surface area contributed by atoms with E-state index in [1.54, 1.807) is 12.1 Å². The number of carbonyl (C=O) groups is 2. The summed E-state index contributed by atoms with van der Waals surface area (Å²) >= 11 is 1.19. The molecule has 1 aliphatic rings. The van der Waals surface area contributed by atoms with Crippen molar-refractivity contribution in [2.45, 2.75) is 31.9 Å². The molecule has 0 radical (unpaired) electrons. The number of methoxy groups -OCH3 is 1. The van der Waals surface area contributed by atoms with E-state index in [0.717, 1.165) is 12.8 Å². The fraction of sp³-hybridized carbons (Fsp3) is 0.412. The Morgan fingerprint density at radius 2 is 2.21 bits per heavy atom. The number of hydrogen-bond donors (Lipinski definition) is 1. The third kappa shape index (κ3) is 2.89. The average molecular weight is 351 g/mol. The summed E-state index contributed by atoms with van der Waals surface area (Å²) in [6.07, 6.45) is 2.00. The van der Waals surface area contributed by atoms with Crippen molar-refractivity contribution >= 4 is 33.3 Å². The van der Waals surface area contributed by atoms with Crippen LogP contribution in [0, 0.1) is 5.82 Å². The number of thiophene rings is 1. The normalized spacial score (nSPS) is 18.1. The molecule has 1 fully saturated rings. The monoisotopic (exact) mass is 351 g/mol. The summed E-state index contributed by atoms with van der Waals surface area (Å²) in [6, 6.07) is 3.88. The zero-order valence-electron chi connectivity index (χ0n) is 13.3. The third-order valence-electron chi connectivity index (χ3n) is 4.29. The van der Waals surface area contributed by atoms with Crippen LogP contribution in [0.25, 0.3) is 10.1 Å². The van der Waals surface area contributed by atoms with E-state index in [0.29, 0.717) is 33.5 Å². The Morgan fingerprint density at radius 1 is 1.42 bits per heavy atom. The number of hydrogen-bond acceptors (Lipinski definition) is 4. The van der Waals surface area contributed by atoms with Crippen LogP contribution in [0.4, 0.5) is 4.39 Å². The molecule has 0 saturated carbocycles. The molecule has 1 aromatic carbocycles. The topological polar surface area (TPSA) is 66.8 Å². The second-order valence-corrected chi connectivity index (χ2v) is 6.86. The van der Waals surface area contributed by atoms with Gasteiger partial charge in [0.2, 0.25) is 0 Å². The van der Waals surface area contributed by atoms with Crippen LogP contribution in [-0.4, -0.2) is 41.6 Å². The highest BCUT2D eigenvalue weighted by Gasteiger charge is 2.34. The van der Waals surface area contributed by atoms with Crippen molar-refractivity contribution in [1.29, 1.82) is 0 Å². The molecule has 2 aromatic rings. The molecular formula is C17H18FNO4S. The predicted octanol–water partition coefficient (Wildman–Crippen LogP) is 3.27. The quantitative estimate of drug-likeness (QED) is 0.918. The number of likely N-dealkylation sites (tertiary alicyclic amines) is 1. The molecule has 1 atom stereocenters. The number of benzene rings is 1. The van der Waals surface area contributed by atoms with Gasteiger partial charge in [0, 0.05) is 29.3 Å². The lowest BCUT2D eigenvalue weighted by Crippen LogP contribution is -2.48. The number of aliphatic carboxylic acids is 1. The highest BCUT2D eigenvalue weighted by Crippen LogP contribution is 2.35. The van der Waals surface area contributed by atoms with Crippen molar-refractivity contribution in [3.05, 3.63) is 34.5 Å². The van der Waals surface area contributed by atoms with Gasteiger partial charge in [-0.2, -0.15) is 0 Å². The summed E-state index contributed by atoms with van der Waals surface area (Å²) in [5, 5.41) is 9.77. The average Bonchev–Trinajstić information content (AvgIpc) is 2.94. The Labute approximate surface area is 142 Å². The van der Waals surface area contributed by atoms with Gasteiger partial charge in [-0.3, -0.25) is 4.79 Å². The van der Waals surface area contributed by atoms with Gasteiger partial charge in [0.05, 0.1) is 11.5 Å². The smallest absolute Gasteiger partial charge is 0.326 e. The molecule has 0 aliphatic carbocycles. The van der Waals surface area contributed by atoms with E-state index in [4.69, 9.17) is 4.74 Å². The minimum atomic E-state index is -0.997. The molecule has 7 heteroatoms. The predicted molar refractivity (Wildman–Crippen MR) is 88.8 cm³/mol. The first-order valence-electron chi connectivity index (χ1n) is 7.77. The Kier molecular flexibility index (Phi) is 4.82. The highest BCUT2D eigenvalue weighted by atomic mass is 32.1. The maximum Gasteiger partial charge on any atom is 0.326 e. The summed E-state index contributed by atoms with van der Waals surface area (Å²) in [5.41, 5.74) is 0.496. The zero-order chi connectivity index (χ0) is 17.3. The minimum Gasteiger partial charge on any atom is -0.480 e. The number of carboxylic acids is 1. The summed E-state index contributed by atoms with van der Waals surface area (Å²) in [6.45, 7) is 0.506. The van der Waals surface area contributed by atoms with Crippen molar-refractivity contribution in [3.63, 3.8) is 0 Å². The second kappa shape index (κ2) is 6.86. The number of halogens is 1. The largest absolute Gasteiger partial charge is 0.480 e. The number of amides is 1. The fourth-order valence-electron chi connectivity index (χ4n) is 3.18. The Bertz CT molecular complexity index is 788. The SMILES string of the molecule is COCc1c(C(=O)N2CCCCC2C(=O)O)sc2cccc(F)c12. The van der Waals surface area contributed by atoms with Gasteiger partial charge in [0.1, 0.15) is 11.9 Å². The van der Waals surface area contributed by atoms with Crippen LogP contribution in [0.5, 0.6) is 0 Å². The molecular weight excluding hydrogens is 333 g/mol. The summed E-state index contributed by atoms with van der Waals surface area (Å²) in [5.74, 6) is -1.75. The van der Waals surface area contributed by atoms with Gasteiger partial charge >= 0.3 is 5.97 Å². The Morgan fingerprint density at radius 3 is 2.92 bits per heavy atom. The number of nitrogens with zero attached hydrogens (tertiary/aromatic N) is 1. The maximum atomic E-state index is 14.2. The lowest BCUT2D eigenvalue weighted by atomic mass is 10.0. The molecule has 2 heterocycles. The van der Waals surface area contributed by atoms with E-state index < -0.39 is 17.8 Å². The van der Waals surface area contributed by atoms with Gasteiger partial charge in [-0.15, -0.1) is 11.3 Å². The molecule has 0 spiro atoms. The molecule has 1 amide bonds. The maximum absolute atomic E-state index is 14.2. The van der Waals surface area contributed by atoms with E-state index in [-0.39, 0.29) is 12.5 Å². The molecule has 5 nitrogen and oxygen atoms in total. The molecule has 1 N–H and O–H groups in total. The zero-order valence-corrected chi connectivity index (χ0v) is 14.1. The summed E-state index contributed by atoms with van der Waals surface area (Å²) in [7, 11) is 1.49. The number of piperidine rings is 1. The standard InChI is InChI=1S/C17H18FNO4S/c1-23-9-10-14-11(18)5-4-7-13(14)24-15(10)16(20)19-8-3-2-6-12(19)17(21)22/h4-5,7,12H,2-3,6,8-9H2,1H3,(H,21,22). The molecule has 1 aliphatic heterocycles. The fourth-order valence-corrected chi connectivity index (χ4v) is 4.36. The van der Waals surface area contributed by atoms with Gasteiger partial charge in [-0.05, 0) is 31.4 Å². The van der Waals surface area contributed by atoms with Gasteiger partial charge in [0.15, 0.2) is 0 Å². The number of ether oxygens (including phenoxy) is 1. The number of rotatable bonds is 4. The minimum absolute atomic E-state index is 0.105. The molecule has 24 heavy (non-hydrogen) atoms. The number of fused-ring (bicyclic) bond motifs is 1. The van der Waals surface area contributed by atoms with Gasteiger partial charge in [0.25, 0.3) is 5.91 Å². The van der Waals surface area contributed by atoms with Gasteiger partial charge < -0.3 is 14.7 Å². The first-order chi connectivity index (χ1) is 11.5. The van der Waals surface area contributed by atoms with Gasteiger partial charge in [-0.1, -0.05) is 6.07 Å². The van der Waals surface area contributed by atoms with Crippen LogP contribution in [0.2, 0.25) is 0 Å². The second-order valence-electron chi connectivity index (χ2n) is 5.80. The molecule has 0 bridgehead atoms. The molecule has 1 aromatic heterocycles. The Hall–Kier alpha value is -1.99. The van der Waals surface area contributed by atoms with Crippen molar-refractivity contribution < 1.29 is 23.8 Å². The van der Waals surface area contributed by atoms with E-state index >= 15 is 0 Å². The first kappa shape index (κ1) is 16.9. The molecule has 3 rings (SSSR count). The van der Waals surface area contributed by atoms with Crippen molar-refractivity contribution in [1.82, 2.24) is 4.90 Å². The Balaban J connectivity index is 2.07. The van der Waals surface area contributed by atoms with Crippen molar-refractivity contribution in [2.24, 2.45) is 0 Å². The summed E-state index contributed by atoms with van der Waals surface area (Å²) in [4.78, 5) is 26.2. The third-order valence-corrected chi connectivity index (χ3v) is 5.48. The molecule has 128 valence electrons. The van der Waals surface area contributed by atoms with E-state index in [1.807, 2.05) is 0 Å². The lowest BCUT2D eigenvalue weighted by molar-refractivity contribution is -0.143. The van der Waals surface area contributed by atoms with Crippen molar-refractivity contribution in [2.75, 3.05) is 13.7 Å². The summed E-state index contributed by atoms with van der Waals surface area (Å²) < 4.78 is 20.0.